The molecule has 72 valence electrons. The van der Waals surface area contributed by atoms with Gasteiger partial charge in [0.2, 0.25) is 0 Å². The summed E-state index contributed by atoms with van der Waals surface area (Å²) in [5.41, 5.74) is -0.0125. The number of methoxy groups -OCH3 is 1. The van der Waals surface area contributed by atoms with Crippen molar-refractivity contribution in [1.82, 2.24) is 0 Å². The minimum Gasteiger partial charge on any atom is -0.379 e. The van der Waals surface area contributed by atoms with Crippen LogP contribution in [0.4, 0.5) is 0 Å². The molecule has 2 heteroatoms. The van der Waals surface area contributed by atoms with E-state index >= 15 is 0 Å². The van der Waals surface area contributed by atoms with E-state index in [0.29, 0.717) is 5.92 Å². The molecular formula is C10H19BrO. The molecule has 0 radical (unpaired) electrons. The fraction of sp³-hybridized carbons (Fsp3) is 0.800. The summed E-state index contributed by atoms with van der Waals surface area (Å²) in [6.45, 7) is 7.98. The van der Waals surface area contributed by atoms with Crippen LogP contribution in [-0.4, -0.2) is 18.0 Å². The fourth-order valence-electron chi connectivity index (χ4n) is 1.22. The van der Waals surface area contributed by atoms with E-state index in [4.69, 9.17) is 4.74 Å². The molecule has 1 nitrogen and oxygen atoms in total. The second-order valence-electron chi connectivity index (χ2n) is 3.71. The zero-order valence-corrected chi connectivity index (χ0v) is 9.86. The third-order valence-electron chi connectivity index (χ3n) is 2.05. The zero-order valence-electron chi connectivity index (χ0n) is 8.27. The van der Waals surface area contributed by atoms with Crippen molar-refractivity contribution >= 4 is 15.9 Å². The Hall–Kier alpha value is 0.180. The van der Waals surface area contributed by atoms with Gasteiger partial charge >= 0.3 is 0 Å². The summed E-state index contributed by atoms with van der Waals surface area (Å²) in [7, 11) is 1.76. The van der Waals surface area contributed by atoms with Crippen LogP contribution in [0.15, 0.2) is 12.7 Å². The minimum atomic E-state index is -0.0125. The molecule has 0 N–H and O–H groups in total. The van der Waals surface area contributed by atoms with Crippen molar-refractivity contribution in [2.75, 3.05) is 12.4 Å². The Morgan fingerprint density at radius 3 is 2.50 bits per heavy atom. The monoisotopic (exact) mass is 234 g/mol. The standard InChI is InChI=1S/C10H19BrO/c1-5-6-9(8-11)7-10(2,3)12-4/h5,9H,1,6-8H2,2-4H3. The predicted octanol–water partition coefficient (Wildman–Crippen LogP) is 3.39. The fourth-order valence-corrected chi connectivity index (χ4v) is 1.71. The lowest BCUT2D eigenvalue weighted by Gasteiger charge is -2.27. The predicted molar refractivity (Wildman–Crippen MR) is 57.8 cm³/mol. The molecule has 0 heterocycles. The molecule has 0 aliphatic carbocycles. The average molecular weight is 235 g/mol. The first-order valence-electron chi connectivity index (χ1n) is 4.27. The summed E-state index contributed by atoms with van der Waals surface area (Å²) in [6.07, 6.45) is 4.09. The summed E-state index contributed by atoms with van der Waals surface area (Å²) in [6, 6.07) is 0. The highest BCUT2D eigenvalue weighted by Gasteiger charge is 2.21. The molecule has 0 saturated carbocycles. The first-order valence-corrected chi connectivity index (χ1v) is 5.40. The van der Waals surface area contributed by atoms with Crippen LogP contribution in [0, 0.1) is 5.92 Å². The Kier molecular flexibility index (Phi) is 5.85. The van der Waals surface area contributed by atoms with Gasteiger partial charge in [0, 0.05) is 12.4 Å². The molecule has 0 aromatic rings. The van der Waals surface area contributed by atoms with E-state index in [0.717, 1.165) is 18.2 Å². The highest BCUT2D eigenvalue weighted by atomic mass is 79.9. The number of rotatable bonds is 6. The normalized spacial score (nSPS) is 14.3. The Bertz CT molecular complexity index is 132. The molecule has 0 aliphatic rings. The summed E-state index contributed by atoms with van der Waals surface area (Å²) < 4.78 is 5.36. The van der Waals surface area contributed by atoms with Gasteiger partial charge in [0.15, 0.2) is 0 Å². The van der Waals surface area contributed by atoms with Crippen LogP contribution in [0.25, 0.3) is 0 Å². The Morgan fingerprint density at radius 2 is 2.17 bits per heavy atom. The maximum atomic E-state index is 5.36. The molecular weight excluding hydrogens is 216 g/mol. The third-order valence-corrected chi connectivity index (χ3v) is 2.97. The van der Waals surface area contributed by atoms with Gasteiger partial charge in [-0.05, 0) is 32.6 Å². The van der Waals surface area contributed by atoms with Crippen LogP contribution in [-0.2, 0) is 4.74 Å². The number of ether oxygens (including phenoxy) is 1. The van der Waals surface area contributed by atoms with Gasteiger partial charge in [0.05, 0.1) is 5.60 Å². The van der Waals surface area contributed by atoms with Crippen LogP contribution in [0.5, 0.6) is 0 Å². The topological polar surface area (TPSA) is 9.23 Å². The molecule has 0 aliphatic heterocycles. The molecule has 0 saturated heterocycles. The Morgan fingerprint density at radius 1 is 1.58 bits per heavy atom. The van der Waals surface area contributed by atoms with Crippen molar-refractivity contribution in [3.05, 3.63) is 12.7 Å². The quantitative estimate of drug-likeness (QED) is 0.506. The van der Waals surface area contributed by atoms with Crippen molar-refractivity contribution < 1.29 is 4.74 Å². The van der Waals surface area contributed by atoms with Crippen LogP contribution in [0.3, 0.4) is 0 Å². The van der Waals surface area contributed by atoms with Gasteiger partial charge in [-0.15, -0.1) is 6.58 Å². The van der Waals surface area contributed by atoms with E-state index in [9.17, 15) is 0 Å². The Balaban J connectivity index is 3.91. The average Bonchev–Trinajstić information content (AvgIpc) is 2.03. The summed E-state index contributed by atoms with van der Waals surface area (Å²) >= 11 is 3.50. The number of halogens is 1. The molecule has 1 unspecified atom stereocenters. The van der Waals surface area contributed by atoms with Gasteiger partial charge in [-0.2, -0.15) is 0 Å². The SMILES string of the molecule is C=CCC(CBr)CC(C)(C)OC. The third kappa shape index (κ3) is 4.94. The summed E-state index contributed by atoms with van der Waals surface area (Å²) in [5.74, 6) is 0.637. The van der Waals surface area contributed by atoms with Crippen molar-refractivity contribution in [2.45, 2.75) is 32.3 Å². The first-order chi connectivity index (χ1) is 5.55. The van der Waals surface area contributed by atoms with Gasteiger partial charge in [-0.25, -0.2) is 0 Å². The van der Waals surface area contributed by atoms with Gasteiger partial charge in [-0.3, -0.25) is 0 Å². The number of alkyl halides is 1. The molecule has 0 fully saturated rings. The molecule has 0 amide bonds. The minimum absolute atomic E-state index is 0.0125. The van der Waals surface area contributed by atoms with E-state index in [1.54, 1.807) is 7.11 Å². The number of hydrogen-bond donors (Lipinski definition) is 0. The highest BCUT2D eigenvalue weighted by Crippen LogP contribution is 2.23. The molecule has 0 rings (SSSR count). The van der Waals surface area contributed by atoms with E-state index in [2.05, 4.69) is 36.4 Å². The lowest BCUT2D eigenvalue weighted by molar-refractivity contribution is 0.00477. The van der Waals surface area contributed by atoms with Gasteiger partial charge in [-0.1, -0.05) is 22.0 Å². The van der Waals surface area contributed by atoms with Crippen molar-refractivity contribution in [1.29, 1.82) is 0 Å². The molecule has 0 aromatic heterocycles. The van der Waals surface area contributed by atoms with Gasteiger partial charge in [0.25, 0.3) is 0 Å². The van der Waals surface area contributed by atoms with Crippen LogP contribution < -0.4 is 0 Å². The van der Waals surface area contributed by atoms with E-state index in [1.165, 1.54) is 0 Å². The largest absolute Gasteiger partial charge is 0.379 e. The lowest BCUT2D eigenvalue weighted by atomic mass is 9.92. The molecule has 0 aromatic carbocycles. The Labute approximate surface area is 84.3 Å². The molecule has 0 spiro atoms. The van der Waals surface area contributed by atoms with Crippen molar-refractivity contribution in [3.63, 3.8) is 0 Å². The van der Waals surface area contributed by atoms with Crippen molar-refractivity contribution in [2.24, 2.45) is 5.92 Å². The summed E-state index contributed by atoms with van der Waals surface area (Å²) in [4.78, 5) is 0. The lowest BCUT2D eigenvalue weighted by Crippen LogP contribution is -2.26. The van der Waals surface area contributed by atoms with Crippen LogP contribution in [0.2, 0.25) is 0 Å². The number of allylic oxidation sites excluding steroid dienone is 1. The molecule has 12 heavy (non-hydrogen) atoms. The summed E-state index contributed by atoms with van der Waals surface area (Å²) in [5, 5.41) is 1.02. The molecule has 0 bridgehead atoms. The van der Waals surface area contributed by atoms with E-state index in [1.807, 2.05) is 6.08 Å². The highest BCUT2D eigenvalue weighted by molar-refractivity contribution is 9.09. The maximum absolute atomic E-state index is 5.36. The van der Waals surface area contributed by atoms with Gasteiger partial charge < -0.3 is 4.74 Å². The van der Waals surface area contributed by atoms with Crippen LogP contribution >= 0.6 is 15.9 Å². The van der Waals surface area contributed by atoms with E-state index < -0.39 is 0 Å². The number of hydrogen-bond acceptors (Lipinski definition) is 1. The molecule has 1 atom stereocenters. The van der Waals surface area contributed by atoms with E-state index in [-0.39, 0.29) is 5.60 Å². The maximum Gasteiger partial charge on any atom is 0.0625 e. The smallest absolute Gasteiger partial charge is 0.0625 e. The zero-order chi connectivity index (χ0) is 9.61. The van der Waals surface area contributed by atoms with Gasteiger partial charge in [0.1, 0.15) is 0 Å². The van der Waals surface area contributed by atoms with Crippen molar-refractivity contribution in [3.8, 4) is 0 Å². The van der Waals surface area contributed by atoms with Crippen LogP contribution in [0.1, 0.15) is 26.7 Å². The second kappa shape index (κ2) is 5.76. The second-order valence-corrected chi connectivity index (χ2v) is 4.36. The first kappa shape index (κ1) is 12.2.